The Hall–Kier alpha value is -2.37. The number of aliphatic hydroxyl groups is 1. The van der Waals surface area contributed by atoms with Crippen LogP contribution in [-0.4, -0.2) is 30.2 Å². The van der Waals surface area contributed by atoms with Gasteiger partial charge in [0.2, 0.25) is 5.91 Å². The fourth-order valence-electron chi connectivity index (χ4n) is 2.27. The van der Waals surface area contributed by atoms with Crippen LogP contribution >= 0.6 is 0 Å². The van der Waals surface area contributed by atoms with Crippen LogP contribution in [0.2, 0.25) is 0 Å². The van der Waals surface area contributed by atoms with Crippen LogP contribution in [0.3, 0.4) is 0 Å². The van der Waals surface area contributed by atoms with Crippen molar-refractivity contribution < 1.29 is 14.6 Å². The van der Waals surface area contributed by atoms with E-state index in [1.807, 2.05) is 54.6 Å². The summed E-state index contributed by atoms with van der Waals surface area (Å²) in [7, 11) is 1.50. The maximum atomic E-state index is 11.8. The molecule has 0 heterocycles. The van der Waals surface area contributed by atoms with Crippen LogP contribution in [0, 0.1) is 0 Å². The summed E-state index contributed by atoms with van der Waals surface area (Å²) in [5, 5.41) is 11.9. The van der Waals surface area contributed by atoms with Gasteiger partial charge in [0.25, 0.3) is 0 Å². The molecule has 0 aliphatic rings. The van der Waals surface area contributed by atoms with E-state index in [1.54, 1.807) is 0 Å². The first-order valence-corrected chi connectivity index (χ1v) is 7.45. The molecule has 2 rings (SSSR count). The number of nitrogens with two attached hydrogens (primary N) is 1. The molecule has 5 nitrogen and oxygen atoms in total. The largest absolute Gasteiger partial charge is 0.489 e. The van der Waals surface area contributed by atoms with E-state index < -0.39 is 12.1 Å². The van der Waals surface area contributed by atoms with Gasteiger partial charge in [0, 0.05) is 13.5 Å². The molecule has 5 heteroatoms. The van der Waals surface area contributed by atoms with Gasteiger partial charge in [-0.05, 0) is 23.3 Å². The van der Waals surface area contributed by atoms with Crippen molar-refractivity contribution in [1.82, 2.24) is 5.32 Å². The molecule has 4 N–H and O–H groups in total. The van der Waals surface area contributed by atoms with Crippen LogP contribution in [0.1, 0.15) is 11.1 Å². The van der Waals surface area contributed by atoms with Crippen molar-refractivity contribution in [3.63, 3.8) is 0 Å². The number of ether oxygens (including phenoxy) is 1. The molecule has 0 unspecified atom stereocenters. The van der Waals surface area contributed by atoms with Gasteiger partial charge in [0.15, 0.2) is 0 Å². The Morgan fingerprint density at radius 2 is 1.78 bits per heavy atom. The molecule has 122 valence electrons. The van der Waals surface area contributed by atoms with Crippen LogP contribution in [0.5, 0.6) is 5.75 Å². The smallest absolute Gasteiger partial charge is 0.242 e. The zero-order chi connectivity index (χ0) is 16.7. The van der Waals surface area contributed by atoms with E-state index in [0.29, 0.717) is 6.61 Å². The Balaban J connectivity index is 1.97. The average Bonchev–Trinajstić information content (AvgIpc) is 2.61. The second-order valence-corrected chi connectivity index (χ2v) is 5.49. The molecule has 1 atom stereocenters. The van der Waals surface area contributed by atoms with Crippen molar-refractivity contribution in [2.75, 3.05) is 13.7 Å². The summed E-state index contributed by atoms with van der Waals surface area (Å²) < 4.78 is 5.71. The van der Waals surface area contributed by atoms with Gasteiger partial charge in [-0.2, -0.15) is 0 Å². The monoisotopic (exact) mass is 314 g/mol. The predicted octanol–water partition coefficient (Wildman–Crippen LogP) is 1.24. The van der Waals surface area contributed by atoms with Gasteiger partial charge >= 0.3 is 0 Å². The molecular formula is C18H22N2O3. The Morgan fingerprint density at radius 1 is 1.13 bits per heavy atom. The van der Waals surface area contributed by atoms with Crippen LogP contribution < -0.4 is 15.8 Å². The van der Waals surface area contributed by atoms with E-state index in [-0.39, 0.29) is 12.3 Å². The Bertz CT molecular complexity index is 628. The normalized spacial score (nSPS) is 13.2. The van der Waals surface area contributed by atoms with Crippen molar-refractivity contribution in [1.29, 1.82) is 0 Å². The van der Waals surface area contributed by atoms with Gasteiger partial charge in [-0.15, -0.1) is 0 Å². The van der Waals surface area contributed by atoms with Gasteiger partial charge < -0.3 is 20.9 Å². The number of nitrogens with one attached hydrogen (secondary N) is 1. The number of rotatable bonds is 7. The van der Waals surface area contributed by atoms with Crippen LogP contribution in [0.15, 0.2) is 54.6 Å². The van der Waals surface area contributed by atoms with E-state index in [4.69, 9.17) is 10.5 Å². The highest BCUT2D eigenvalue weighted by Gasteiger charge is 2.32. The molecule has 0 aromatic heterocycles. The summed E-state index contributed by atoms with van der Waals surface area (Å²) in [6.45, 7) is 0.0782. The molecule has 0 saturated heterocycles. The second-order valence-electron chi connectivity index (χ2n) is 5.49. The lowest BCUT2D eigenvalue weighted by Gasteiger charge is -2.25. The summed E-state index contributed by atoms with van der Waals surface area (Å²) in [4.78, 5) is 11.8. The number of hydrogen-bond donors (Lipinski definition) is 3. The number of aliphatic hydroxyl groups excluding tert-OH is 1. The zero-order valence-electron chi connectivity index (χ0n) is 13.2. The topological polar surface area (TPSA) is 84.6 Å². The molecule has 23 heavy (non-hydrogen) atoms. The minimum absolute atomic E-state index is 0.252. The van der Waals surface area contributed by atoms with E-state index in [2.05, 4.69) is 5.32 Å². The quantitative estimate of drug-likeness (QED) is 0.718. The fourth-order valence-corrected chi connectivity index (χ4v) is 2.27. The third-order valence-electron chi connectivity index (χ3n) is 3.65. The lowest BCUT2D eigenvalue weighted by molar-refractivity contribution is -0.127. The zero-order valence-corrected chi connectivity index (χ0v) is 13.2. The number of amides is 1. The highest BCUT2D eigenvalue weighted by Crippen LogP contribution is 2.17. The average molecular weight is 314 g/mol. The van der Waals surface area contributed by atoms with Crippen molar-refractivity contribution in [2.45, 2.75) is 18.6 Å². The van der Waals surface area contributed by atoms with Gasteiger partial charge in [0.1, 0.15) is 17.9 Å². The van der Waals surface area contributed by atoms with Crippen molar-refractivity contribution in [3.8, 4) is 5.75 Å². The van der Waals surface area contributed by atoms with Crippen LogP contribution in [0.4, 0.5) is 0 Å². The molecule has 2 aromatic rings. The summed E-state index contributed by atoms with van der Waals surface area (Å²) in [5.41, 5.74) is 6.60. The van der Waals surface area contributed by atoms with Crippen molar-refractivity contribution in [3.05, 3.63) is 65.7 Å². The Labute approximate surface area is 136 Å². The molecule has 0 aliphatic heterocycles. The van der Waals surface area contributed by atoms with Crippen LogP contribution in [0.25, 0.3) is 0 Å². The Morgan fingerprint density at radius 3 is 2.35 bits per heavy atom. The summed E-state index contributed by atoms with van der Waals surface area (Å²) in [6.07, 6.45) is 0.252. The second kappa shape index (κ2) is 7.76. The van der Waals surface area contributed by atoms with Gasteiger partial charge in [0.05, 0.1) is 6.61 Å². The van der Waals surface area contributed by atoms with Crippen molar-refractivity contribution in [2.24, 2.45) is 5.73 Å². The number of benzene rings is 2. The molecule has 0 radical (unpaired) electrons. The minimum Gasteiger partial charge on any atom is -0.489 e. The molecule has 0 spiro atoms. The van der Waals surface area contributed by atoms with E-state index >= 15 is 0 Å². The van der Waals surface area contributed by atoms with Crippen molar-refractivity contribution >= 4 is 5.91 Å². The van der Waals surface area contributed by atoms with E-state index in [0.717, 1.165) is 16.9 Å². The van der Waals surface area contributed by atoms with Gasteiger partial charge in [-0.25, -0.2) is 0 Å². The minimum atomic E-state index is -1.32. The van der Waals surface area contributed by atoms with E-state index in [9.17, 15) is 9.90 Å². The summed E-state index contributed by atoms with van der Waals surface area (Å²) >= 11 is 0. The molecular weight excluding hydrogens is 292 g/mol. The molecule has 0 saturated carbocycles. The lowest BCUT2D eigenvalue weighted by Crippen LogP contribution is -2.57. The number of carbonyl (C=O) groups excluding carboxylic acids is 1. The molecule has 0 fully saturated rings. The summed E-state index contributed by atoms with van der Waals surface area (Å²) in [6, 6.07) is 17.3. The molecule has 0 aliphatic carbocycles. The summed E-state index contributed by atoms with van der Waals surface area (Å²) in [5.74, 6) is 0.355. The molecule has 1 amide bonds. The van der Waals surface area contributed by atoms with Gasteiger partial charge in [-0.1, -0.05) is 42.5 Å². The maximum absolute atomic E-state index is 11.8. The Kier molecular flexibility index (Phi) is 5.73. The highest BCUT2D eigenvalue weighted by atomic mass is 16.5. The predicted molar refractivity (Wildman–Crippen MR) is 89.0 cm³/mol. The van der Waals surface area contributed by atoms with E-state index in [1.165, 1.54) is 7.05 Å². The molecule has 2 aromatic carbocycles. The molecule has 0 bridgehead atoms. The SMILES string of the molecule is CNC(=O)[C@@](N)(CO)Cc1ccc(OCc2ccccc2)cc1. The first kappa shape index (κ1) is 17.0. The third-order valence-corrected chi connectivity index (χ3v) is 3.65. The maximum Gasteiger partial charge on any atom is 0.242 e. The first-order valence-electron chi connectivity index (χ1n) is 7.45. The number of likely N-dealkylation sites (N-methyl/N-ethyl adjacent to an activating group) is 1. The number of hydrogen-bond acceptors (Lipinski definition) is 4. The lowest BCUT2D eigenvalue weighted by atomic mass is 9.91. The first-order chi connectivity index (χ1) is 11.1. The highest BCUT2D eigenvalue weighted by molar-refractivity contribution is 5.86. The number of carbonyl (C=O) groups is 1. The fraction of sp³-hybridized carbons (Fsp3) is 0.278. The third kappa shape index (κ3) is 4.55. The van der Waals surface area contributed by atoms with Crippen LogP contribution in [-0.2, 0) is 17.8 Å². The standard InChI is InChI=1S/C18H22N2O3/c1-20-17(22)18(19,13-21)11-14-7-9-16(10-8-14)23-12-15-5-3-2-4-6-15/h2-10,21H,11-13,19H2,1H3,(H,20,22)/t18-/m0/s1. The van der Waals surface area contributed by atoms with Gasteiger partial charge in [-0.3, -0.25) is 4.79 Å².